The van der Waals surface area contributed by atoms with Gasteiger partial charge >= 0.3 is 0 Å². The molecule has 82 valence electrons. The van der Waals surface area contributed by atoms with E-state index < -0.39 is 0 Å². The molecule has 0 spiro atoms. The van der Waals surface area contributed by atoms with Crippen molar-refractivity contribution in [1.29, 1.82) is 0 Å². The summed E-state index contributed by atoms with van der Waals surface area (Å²) in [5.41, 5.74) is 6.68. The molecular formula is C11H9ClFN3. The smallest absolute Gasteiger partial charge is 0.130 e. The van der Waals surface area contributed by atoms with Crippen LogP contribution < -0.4 is 11.1 Å². The van der Waals surface area contributed by atoms with Gasteiger partial charge in [0.2, 0.25) is 0 Å². The van der Waals surface area contributed by atoms with Crippen molar-refractivity contribution in [2.24, 2.45) is 0 Å². The van der Waals surface area contributed by atoms with E-state index in [0.717, 1.165) is 0 Å². The maximum absolute atomic E-state index is 12.8. The monoisotopic (exact) mass is 237 g/mol. The van der Waals surface area contributed by atoms with E-state index in [1.165, 1.54) is 18.3 Å². The third-order valence-corrected chi connectivity index (χ3v) is 2.29. The quantitative estimate of drug-likeness (QED) is 0.843. The second kappa shape index (κ2) is 4.37. The van der Waals surface area contributed by atoms with Crippen LogP contribution in [0.2, 0.25) is 5.02 Å². The summed E-state index contributed by atoms with van der Waals surface area (Å²) < 4.78 is 12.8. The number of hydrogen-bond acceptors (Lipinski definition) is 3. The Bertz CT molecular complexity index is 499. The van der Waals surface area contributed by atoms with Gasteiger partial charge in [0.1, 0.15) is 11.6 Å². The number of nitrogens with zero attached hydrogens (tertiary/aromatic N) is 1. The van der Waals surface area contributed by atoms with Gasteiger partial charge in [-0.25, -0.2) is 9.37 Å². The highest BCUT2D eigenvalue weighted by molar-refractivity contribution is 6.33. The Hall–Kier alpha value is -1.81. The summed E-state index contributed by atoms with van der Waals surface area (Å²) in [6, 6.07) is 7.55. The largest absolute Gasteiger partial charge is 0.397 e. The van der Waals surface area contributed by atoms with Crippen molar-refractivity contribution < 1.29 is 4.39 Å². The van der Waals surface area contributed by atoms with Gasteiger partial charge in [0.05, 0.1) is 22.6 Å². The zero-order valence-corrected chi connectivity index (χ0v) is 9.00. The first kappa shape index (κ1) is 10.7. The standard InChI is InChI=1S/C11H9ClFN3/c12-9-5-7(13)1-3-10(9)16-11-4-2-8(14)6-15-11/h1-6H,14H2,(H,15,16). The molecule has 0 aliphatic rings. The van der Waals surface area contributed by atoms with Crippen LogP contribution >= 0.6 is 11.6 Å². The molecular weight excluding hydrogens is 229 g/mol. The van der Waals surface area contributed by atoms with Crippen molar-refractivity contribution in [3.63, 3.8) is 0 Å². The SMILES string of the molecule is Nc1ccc(Nc2ccc(F)cc2Cl)nc1. The fourth-order valence-corrected chi connectivity index (χ4v) is 1.42. The van der Waals surface area contributed by atoms with Crippen LogP contribution in [0, 0.1) is 5.82 Å². The number of anilines is 3. The van der Waals surface area contributed by atoms with Crippen LogP contribution in [0.3, 0.4) is 0 Å². The Morgan fingerprint density at radius 1 is 1.25 bits per heavy atom. The molecule has 2 rings (SSSR count). The van der Waals surface area contributed by atoms with Gasteiger partial charge in [0, 0.05) is 0 Å². The predicted molar refractivity (Wildman–Crippen MR) is 63.3 cm³/mol. The molecule has 0 aliphatic carbocycles. The molecule has 0 saturated heterocycles. The number of halogens is 2. The minimum atomic E-state index is -0.374. The maximum Gasteiger partial charge on any atom is 0.130 e. The molecule has 1 aromatic carbocycles. The number of aromatic nitrogens is 1. The molecule has 2 aromatic rings. The lowest BCUT2D eigenvalue weighted by molar-refractivity contribution is 0.628. The van der Waals surface area contributed by atoms with Crippen LogP contribution in [0.25, 0.3) is 0 Å². The molecule has 0 saturated carbocycles. The number of benzene rings is 1. The lowest BCUT2D eigenvalue weighted by atomic mass is 10.3. The van der Waals surface area contributed by atoms with E-state index in [2.05, 4.69) is 10.3 Å². The fourth-order valence-electron chi connectivity index (χ4n) is 1.21. The highest BCUT2D eigenvalue weighted by Crippen LogP contribution is 2.25. The molecule has 0 radical (unpaired) electrons. The van der Waals surface area contributed by atoms with E-state index in [1.54, 1.807) is 18.2 Å². The number of nitrogen functional groups attached to an aromatic ring is 1. The Kier molecular flexibility index (Phi) is 2.92. The van der Waals surface area contributed by atoms with Crippen LogP contribution in [-0.4, -0.2) is 4.98 Å². The van der Waals surface area contributed by atoms with Gasteiger partial charge in [0.15, 0.2) is 0 Å². The molecule has 0 unspecified atom stereocenters. The number of rotatable bonds is 2. The minimum Gasteiger partial charge on any atom is -0.397 e. The Morgan fingerprint density at radius 3 is 2.69 bits per heavy atom. The molecule has 0 aliphatic heterocycles. The molecule has 0 amide bonds. The average Bonchev–Trinajstić information content (AvgIpc) is 2.25. The topological polar surface area (TPSA) is 50.9 Å². The fraction of sp³-hybridized carbons (Fsp3) is 0. The van der Waals surface area contributed by atoms with E-state index in [9.17, 15) is 4.39 Å². The van der Waals surface area contributed by atoms with Crippen LogP contribution in [0.1, 0.15) is 0 Å². The van der Waals surface area contributed by atoms with Crippen LogP contribution in [0.4, 0.5) is 21.6 Å². The van der Waals surface area contributed by atoms with Crippen molar-refractivity contribution >= 4 is 28.8 Å². The highest BCUT2D eigenvalue weighted by atomic mass is 35.5. The lowest BCUT2D eigenvalue weighted by Crippen LogP contribution is -1.95. The summed E-state index contributed by atoms with van der Waals surface area (Å²) in [7, 11) is 0. The summed E-state index contributed by atoms with van der Waals surface area (Å²) in [6.45, 7) is 0. The lowest BCUT2D eigenvalue weighted by Gasteiger charge is -2.07. The highest BCUT2D eigenvalue weighted by Gasteiger charge is 2.02. The molecule has 3 nitrogen and oxygen atoms in total. The van der Waals surface area contributed by atoms with E-state index in [4.69, 9.17) is 17.3 Å². The first-order valence-corrected chi connectivity index (χ1v) is 4.96. The van der Waals surface area contributed by atoms with Crippen molar-refractivity contribution in [1.82, 2.24) is 4.98 Å². The van der Waals surface area contributed by atoms with E-state index in [-0.39, 0.29) is 5.82 Å². The molecule has 1 heterocycles. The summed E-state index contributed by atoms with van der Waals surface area (Å²) in [5.74, 6) is 0.225. The second-order valence-corrected chi connectivity index (χ2v) is 3.63. The number of hydrogen-bond donors (Lipinski definition) is 2. The van der Waals surface area contributed by atoms with Gasteiger partial charge in [-0.1, -0.05) is 11.6 Å². The predicted octanol–water partition coefficient (Wildman–Crippen LogP) is 3.20. The van der Waals surface area contributed by atoms with Crippen molar-refractivity contribution in [2.75, 3.05) is 11.1 Å². The van der Waals surface area contributed by atoms with Crippen LogP contribution in [0.15, 0.2) is 36.5 Å². The first-order chi connectivity index (χ1) is 7.65. The molecule has 0 fully saturated rings. The zero-order chi connectivity index (χ0) is 11.5. The summed E-state index contributed by atoms with van der Waals surface area (Å²) in [4.78, 5) is 4.05. The third kappa shape index (κ3) is 2.41. The van der Waals surface area contributed by atoms with Gasteiger partial charge in [-0.3, -0.25) is 0 Å². The molecule has 1 aromatic heterocycles. The first-order valence-electron chi connectivity index (χ1n) is 4.59. The number of nitrogens with one attached hydrogen (secondary N) is 1. The van der Waals surface area contributed by atoms with Crippen molar-refractivity contribution in [3.05, 3.63) is 47.4 Å². The molecule has 0 atom stereocenters. The van der Waals surface area contributed by atoms with Crippen molar-refractivity contribution in [3.8, 4) is 0 Å². The maximum atomic E-state index is 12.8. The Balaban J connectivity index is 2.23. The summed E-state index contributed by atoms with van der Waals surface area (Å²) in [6.07, 6.45) is 1.53. The molecule has 3 N–H and O–H groups in total. The third-order valence-electron chi connectivity index (χ3n) is 1.98. The summed E-state index contributed by atoms with van der Waals surface area (Å²) >= 11 is 5.86. The van der Waals surface area contributed by atoms with Crippen LogP contribution in [-0.2, 0) is 0 Å². The van der Waals surface area contributed by atoms with Gasteiger partial charge < -0.3 is 11.1 Å². The van der Waals surface area contributed by atoms with E-state index in [1.807, 2.05) is 0 Å². The van der Waals surface area contributed by atoms with Crippen molar-refractivity contribution in [2.45, 2.75) is 0 Å². The summed E-state index contributed by atoms with van der Waals surface area (Å²) in [5, 5.41) is 3.27. The minimum absolute atomic E-state index is 0.304. The normalized spacial score (nSPS) is 10.1. The average molecular weight is 238 g/mol. The Labute approximate surface area is 97.1 Å². The van der Waals surface area contributed by atoms with E-state index in [0.29, 0.717) is 22.2 Å². The number of pyridine rings is 1. The van der Waals surface area contributed by atoms with Gasteiger partial charge in [-0.2, -0.15) is 0 Å². The number of nitrogens with two attached hydrogens (primary N) is 1. The second-order valence-electron chi connectivity index (χ2n) is 3.23. The van der Waals surface area contributed by atoms with Gasteiger partial charge in [0.25, 0.3) is 0 Å². The zero-order valence-electron chi connectivity index (χ0n) is 8.24. The van der Waals surface area contributed by atoms with Gasteiger partial charge in [-0.05, 0) is 30.3 Å². The Morgan fingerprint density at radius 2 is 2.06 bits per heavy atom. The molecule has 0 bridgehead atoms. The molecule has 5 heteroatoms. The van der Waals surface area contributed by atoms with Crippen LogP contribution in [0.5, 0.6) is 0 Å². The van der Waals surface area contributed by atoms with Gasteiger partial charge in [-0.15, -0.1) is 0 Å². The van der Waals surface area contributed by atoms with E-state index >= 15 is 0 Å². The molecule has 16 heavy (non-hydrogen) atoms.